The van der Waals surface area contributed by atoms with Gasteiger partial charge in [0.15, 0.2) is 0 Å². The summed E-state index contributed by atoms with van der Waals surface area (Å²) in [5.41, 5.74) is 6.05. The van der Waals surface area contributed by atoms with Crippen molar-refractivity contribution >= 4 is 5.91 Å². The molecule has 0 atom stereocenters. The molecule has 3 rings (SSSR count). The fraction of sp³-hybridized carbons (Fsp3) is 0.958. The maximum absolute atomic E-state index is 12.9. The van der Waals surface area contributed by atoms with Gasteiger partial charge >= 0.3 is 0 Å². The zero-order valence-corrected chi connectivity index (χ0v) is 19.6. The van der Waals surface area contributed by atoms with Gasteiger partial charge in [-0.1, -0.05) is 27.7 Å². The minimum absolute atomic E-state index is 0. The Balaban J connectivity index is 0.00000146. The van der Waals surface area contributed by atoms with E-state index in [9.17, 15) is 4.79 Å². The lowest BCUT2D eigenvalue weighted by Crippen LogP contribution is -2.63. The zero-order chi connectivity index (χ0) is 21.3. The number of amides is 1. The van der Waals surface area contributed by atoms with E-state index in [4.69, 9.17) is 10.5 Å². The number of piperidine rings is 1. The molecule has 5 nitrogen and oxygen atoms in total. The summed E-state index contributed by atoms with van der Waals surface area (Å²) in [7, 11) is 0. The van der Waals surface area contributed by atoms with Gasteiger partial charge in [0.05, 0.1) is 0 Å². The molecule has 0 aromatic heterocycles. The predicted molar refractivity (Wildman–Crippen MR) is 123 cm³/mol. The summed E-state index contributed by atoms with van der Waals surface area (Å²) in [6.07, 6.45) is 8.04. The van der Waals surface area contributed by atoms with Crippen molar-refractivity contribution in [2.75, 3.05) is 52.5 Å². The molecule has 1 amide bonds. The maximum atomic E-state index is 12.9. The number of likely N-dealkylation sites (tertiary alicyclic amines) is 2. The summed E-state index contributed by atoms with van der Waals surface area (Å²) in [6.45, 7) is 16.4. The quantitative estimate of drug-likeness (QED) is 0.655. The molecule has 0 bridgehead atoms. The molecule has 0 unspecified atom stereocenters. The Hall–Kier alpha value is -0.650. The average Bonchev–Trinajstić information content (AvgIpc) is 2.72. The van der Waals surface area contributed by atoms with Crippen LogP contribution in [0, 0.1) is 23.2 Å². The van der Waals surface area contributed by atoms with Gasteiger partial charge in [-0.05, 0) is 83.0 Å². The Morgan fingerprint density at radius 2 is 1.76 bits per heavy atom. The third kappa shape index (κ3) is 7.22. The van der Waals surface area contributed by atoms with E-state index >= 15 is 0 Å². The monoisotopic (exact) mass is 411 g/mol. The lowest BCUT2D eigenvalue weighted by atomic mass is 9.71. The molecule has 2 N–H and O–H groups in total. The second kappa shape index (κ2) is 12.3. The second-order valence-corrected chi connectivity index (χ2v) is 9.83. The maximum Gasteiger partial charge on any atom is 0.225 e. The Kier molecular flexibility index (Phi) is 10.4. The number of hydrogen-bond acceptors (Lipinski definition) is 4. The fourth-order valence-electron chi connectivity index (χ4n) is 5.11. The first-order valence-corrected chi connectivity index (χ1v) is 12.3. The highest BCUT2D eigenvalue weighted by atomic mass is 16.5. The average molecular weight is 412 g/mol. The Morgan fingerprint density at radius 1 is 1.14 bits per heavy atom. The molecule has 0 aromatic rings. The molecular weight excluding hydrogens is 362 g/mol. The topological polar surface area (TPSA) is 58.8 Å². The van der Waals surface area contributed by atoms with E-state index in [1.807, 2.05) is 13.8 Å². The number of nitrogens with zero attached hydrogens (tertiary/aromatic N) is 2. The Morgan fingerprint density at radius 3 is 2.31 bits per heavy atom. The Bertz CT molecular complexity index is 465. The van der Waals surface area contributed by atoms with Gasteiger partial charge < -0.3 is 20.3 Å². The van der Waals surface area contributed by atoms with Crippen molar-refractivity contribution in [3.05, 3.63) is 0 Å². The molecule has 2 saturated heterocycles. The van der Waals surface area contributed by atoms with Crippen molar-refractivity contribution in [1.29, 1.82) is 0 Å². The molecule has 1 spiro atoms. The first-order valence-electron chi connectivity index (χ1n) is 12.3. The van der Waals surface area contributed by atoms with Crippen LogP contribution in [0.5, 0.6) is 0 Å². The van der Waals surface area contributed by atoms with Gasteiger partial charge in [-0.15, -0.1) is 0 Å². The fourth-order valence-corrected chi connectivity index (χ4v) is 5.11. The molecule has 0 radical (unpaired) electrons. The van der Waals surface area contributed by atoms with E-state index in [2.05, 4.69) is 23.6 Å². The number of nitrogens with two attached hydrogens (primary N) is 1. The van der Waals surface area contributed by atoms with Crippen LogP contribution in [0.2, 0.25) is 0 Å². The van der Waals surface area contributed by atoms with Crippen molar-refractivity contribution in [3.8, 4) is 0 Å². The first-order chi connectivity index (χ1) is 14.0. The Labute approximate surface area is 181 Å². The zero-order valence-electron chi connectivity index (χ0n) is 19.6. The van der Waals surface area contributed by atoms with E-state index in [-0.39, 0.29) is 7.34 Å². The summed E-state index contributed by atoms with van der Waals surface area (Å²) in [6, 6.07) is 0. The first kappa shape index (κ1) is 24.6. The third-order valence-electron chi connectivity index (χ3n) is 6.96. The van der Waals surface area contributed by atoms with Crippen molar-refractivity contribution in [3.63, 3.8) is 0 Å². The number of rotatable bonds is 8. The minimum Gasteiger partial charge on any atom is -0.381 e. The van der Waals surface area contributed by atoms with Crippen LogP contribution in [0.25, 0.3) is 0 Å². The van der Waals surface area contributed by atoms with Crippen LogP contribution < -0.4 is 5.73 Å². The molecule has 5 heteroatoms. The van der Waals surface area contributed by atoms with E-state index < -0.39 is 0 Å². The number of carbonyl (C=O) groups excluding carboxylic acids is 1. The van der Waals surface area contributed by atoms with Gasteiger partial charge in [-0.2, -0.15) is 0 Å². The number of hydrogen-bond donors (Lipinski definition) is 1. The normalized spacial score (nSPS) is 26.8. The molecule has 1 saturated carbocycles. The van der Waals surface area contributed by atoms with Crippen LogP contribution >= 0.6 is 0 Å². The second-order valence-electron chi connectivity index (χ2n) is 9.83. The van der Waals surface area contributed by atoms with Crippen LogP contribution in [0.15, 0.2) is 0 Å². The molecule has 29 heavy (non-hydrogen) atoms. The smallest absolute Gasteiger partial charge is 0.225 e. The highest BCUT2D eigenvalue weighted by Gasteiger charge is 2.47. The molecule has 2 heterocycles. The van der Waals surface area contributed by atoms with Crippen molar-refractivity contribution in [1.82, 2.24) is 9.80 Å². The SMILES string of the molecule is CC.CC(C)COCC1CCC(C(=O)N2CC3(CCN(CCCN)CC3)C2)CC1.[HH]. The molecule has 3 aliphatic rings. The third-order valence-corrected chi connectivity index (χ3v) is 6.96. The van der Waals surface area contributed by atoms with Crippen LogP contribution in [0.4, 0.5) is 0 Å². The summed E-state index contributed by atoms with van der Waals surface area (Å²) in [5, 5.41) is 0. The summed E-state index contributed by atoms with van der Waals surface area (Å²) >= 11 is 0. The van der Waals surface area contributed by atoms with Crippen molar-refractivity contribution < 1.29 is 11.0 Å². The number of carbonyl (C=O) groups is 1. The van der Waals surface area contributed by atoms with Crippen LogP contribution in [-0.4, -0.2) is 68.2 Å². The van der Waals surface area contributed by atoms with Crippen LogP contribution in [-0.2, 0) is 9.53 Å². The standard InChI is InChI=1S/C22H41N3O2.C2H6.H2/c1-18(2)14-27-15-19-4-6-20(7-5-19)21(26)25-16-22(17-25)8-12-24(13-9-22)11-3-10-23;1-2;/h18-20H,3-17,23H2,1-2H3;1-2H3;1H. The van der Waals surface area contributed by atoms with Crippen LogP contribution in [0.1, 0.15) is 74.1 Å². The summed E-state index contributed by atoms with van der Waals surface area (Å²) in [4.78, 5) is 17.6. The molecule has 3 fully saturated rings. The van der Waals surface area contributed by atoms with Gasteiger partial charge in [0, 0.05) is 39.1 Å². The highest BCUT2D eigenvalue weighted by molar-refractivity contribution is 5.80. The van der Waals surface area contributed by atoms with Crippen molar-refractivity contribution in [2.45, 2.75) is 72.6 Å². The summed E-state index contributed by atoms with van der Waals surface area (Å²) < 4.78 is 5.81. The molecule has 172 valence electrons. The van der Waals surface area contributed by atoms with Gasteiger partial charge in [-0.25, -0.2) is 0 Å². The van der Waals surface area contributed by atoms with Crippen molar-refractivity contribution in [2.24, 2.45) is 28.9 Å². The molecule has 0 aromatic carbocycles. The van der Waals surface area contributed by atoms with E-state index in [0.717, 1.165) is 71.5 Å². The van der Waals surface area contributed by atoms with Crippen LogP contribution in [0.3, 0.4) is 0 Å². The lowest BCUT2D eigenvalue weighted by molar-refractivity contribution is -0.152. The predicted octanol–water partition coefficient (Wildman–Crippen LogP) is 4.01. The molecular formula is C24H49N3O2. The summed E-state index contributed by atoms with van der Waals surface area (Å²) in [5.74, 6) is 1.98. The minimum atomic E-state index is 0. The lowest BCUT2D eigenvalue weighted by Gasteiger charge is -2.55. The molecule has 1 aliphatic carbocycles. The van der Waals surface area contributed by atoms with E-state index in [0.29, 0.717) is 23.2 Å². The number of ether oxygens (including phenoxy) is 1. The van der Waals surface area contributed by atoms with E-state index in [1.165, 1.54) is 25.9 Å². The highest BCUT2D eigenvalue weighted by Crippen LogP contribution is 2.42. The van der Waals surface area contributed by atoms with Gasteiger partial charge in [-0.3, -0.25) is 4.79 Å². The van der Waals surface area contributed by atoms with Gasteiger partial charge in [0.1, 0.15) is 0 Å². The largest absolute Gasteiger partial charge is 0.381 e. The van der Waals surface area contributed by atoms with E-state index in [1.54, 1.807) is 0 Å². The van der Waals surface area contributed by atoms with Gasteiger partial charge in [0.25, 0.3) is 0 Å². The molecule has 2 aliphatic heterocycles. The van der Waals surface area contributed by atoms with Gasteiger partial charge in [0.2, 0.25) is 5.91 Å².